The maximum atomic E-state index is 9.66. The van der Waals surface area contributed by atoms with Crippen LogP contribution in [0.15, 0.2) is 42.5 Å². The van der Waals surface area contributed by atoms with Crippen molar-refractivity contribution in [1.82, 2.24) is 9.55 Å². The number of benzene rings is 2. The highest BCUT2D eigenvalue weighted by Gasteiger charge is 2.12. The minimum absolute atomic E-state index is 0.0441. The second-order valence-electron chi connectivity index (χ2n) is 6.10. The van der Waals surface area contributed by atoms with Crippen LogP contribution in [0.2, 0.25) is 0 Å². The maximum absolute atomic E-state index is 9.66. The van der Waals surface area contributed by atoms with E-state index in [0.29, 0.717) is 5.92 Å². The Morgan fingerprint density at radius 1 is 1.14 bits per heavy atom. The molecule has 3 aromatic rings. The molecule has 0 aliphatic heterocycles. The summed E-state index contributed by atoms with van der Waals surface area (Å²) in [5, 5.41) is 9.66. The van der Waals surface area contributed by atoms with Gasteiger partial charge in [-0.25, -0.2) is 4.98 Å². The van der Waals surface area contributed by atoms with Crippen molar-refractivity contribution in [2.45, 2.75) is 39.8 Å². The second-order valence-corrected chi connectivity index (χ2v) is 6.10. The largest absolute Gasteiger partial charge is 0.388 e. The summed E-state index contributed by atoms with van der Waals surface area (Å²) < 4.78 is 2.11. The molecule has 0 aliphatic carbocycles. The molecule has 0 unspecified atom stereocenters. The van der Waals surface area contributed by atoms with Crippen molar-refractivity contribution in [3.8, 4) is 0 Å². The minimum Gasteiger partial charge on any atom is -0.388 e. The van der Waals surface area contributed by atoms with Gasteiger partial charge in [0.15, 0.2) is 0 Å². The highest BCUT2D eigenvalue weighted by molar-refractivity contribution is 5.77. The number of rotatable bonds is 4. The van der Waals surface area contributed by atoms with Crippen LogP contribution in [0.1, 0.15) is 42.3 Å². The third-order valence-electron chi connectivity index (χ3n) is 4.25. The van der Waals surface area contributed by atoms with E-state index >= 15 is 0 Å². The lowest BCUT2D eigenvalue weighted by Gasteiger charge is -2.11. The predicted octanol–water partition coefficient (Wildman–Crippen LogP) is 4.01. The van der Waals surface area contributed by atoms with E-state index in [9.17, 15) is 5.11 Å². The van der Waals surface area contributed by atoms with Crippen LogP contribution in [-0.4, -0.2) is 14.7 Å². The van der Waals surface area contributed by atoms with Gasteiger partial charge < -0.3 is 9.67 Å². The van der Waals surface area contributed by atoms with E-state index in [1.807, 2.05) is 6.07 Å². The third-order valence-corrected chi connectivity index (χ3v) is 4.25. The van der Waals surface area contributed by atoms with Gasteiger partial charge >= 0.3 is 0 Å². The zero-order chi connectivity index (χ0) is 15.7. The van der Waals surface area contributed by atoms with Crippen LogP contribution in [0.3, 0.4) is 0 Å². The Hall–Kier alpha value is -2.13. The SMILES string of the molecule is Cc1ccccc1Cn1c(CO)nc2cc(C(C)C)ccc21. The molecule has 0 spiro atoms. The summed E-state index contributed by atoms with van der Waals surface area (Å²) >= 11 is 0. The lowest BCUT2D eigenvalue weighted by molar-refractivity contribution is 0.267. The molecule has 0 saturated carbocycles. The zero-order valence-corrected chi connectivity index (χ0v) is 13.4. The fourth-order valence-electron chi connectivity index (χ4n) is 2.81. The molecule has 3 heteroatoms. The lowest BCUT2D eigenvalue weighted by Crippen LogP contribution is -2.06. The van der Waals surface area contributed by atoms with Crippen molar-refractivity contribution < 1.29 is 5.11 Å². The molecule has 1 N–H and O–H groups in total. The molecule has 0 radical (unpaired) electrons. The van der Waals surface area contributed by atoms with Crippen molar-refractivity contribution in [1.29, 1.82) is 0 Å². The number of nitrogens with zero attached hydrogens (tertiary/aromatic N) is 2. The van der Waals surface area contributed by atoms with Crippen LogP contribution in [0, 0.1) is 6.92 Å². The first-order valence-electron chi connectivity index (χ1n) is 7.74. The van der Waals surface area contributed by atoms with E-state index in [4.69, 9.17) is 0 Å². The molecule has 3 nitrogen and oxygen atoms in total. The fraction of sp³-hybridized carbons (Fsp3) is 0.316. The summed E-state index contributed by atoms with van der Waals surface area (Å²) in [5.41, 5.74) is 5.83. The van der Waals surface area contributed by atoms with Gasteiger partial charge in [-0.1, -0.05) is 44.2 Å². The lowest BCUT2D eigenvalue weighted by atomic mass is 10.0. The van der Waals surface area contributed by atoms with Crippen LogP contribution in [-0.2, 0) is 13.2 Å². The van der Waals surface area contributed by atoms with E-state index in [2.05, 4.69) is 66.7 Å². The van der Waals surface area contributed by atoms with Gasteiger partial charge in [-0.2, -0.15) is 0 Å². The first-order valence-corrected chi connectivity index (χ1v) is 7.74. The van der Waals surface area contributed by atoms with Crippen LogP contribution in [0.4, 0.5) is 0 Å². The van der Waals surface area contributed by atoms with Crippen LogP contribution >= 0.6 is 0 Å². The van der Waals surface area contributed by atoms with Crippen molar-refractivity contribution >= 4 is 11.0 Å². The van der Waals surface area contributed by atoms with Crippen LogP contribution in [0.25, 0.3) is 11.0 Å². The van der Waals surface area contributed by atoms with E-state index in [1.54, 1.807) is 0 Å². The average Bonchev–Trinajstić information content (AvgIpc) is 2.86. The Morgan fingerprint density at radius 2 is 1.91 bits per heavy atom. The fourth-order valence-corrected chi connectivity index (χ4v) is 2.81. The molecule has 2 aromatic carbocycles. The standard InChI is InChI=1S/C19H22N2O/c1-13(2)15-8-9-18-17(10-15)20-19(12-22)21(18)11-16-7-5-4-6-14(16)3/h4-10,13,22H,11-12H2,1-3H3. The second kappa shape index (κ2) is 5.93. The number of imidazole rings is 1. The number of hydrogen-bond acceptors (Lipinski definition) is 2. The molecule has 0 aliphatic rings. The summed E-state index contributed by atoms with van der Waals surface area (Å²) in [6.45, 7) is 7.17. The molecule has 1 aromatic heterocycles. The summed E-state index contributed by atoms with van der Waals surface area (Å²) in [5.74, 6) is 1.20. The Labute approximate surface area is 131 Å². The minimum atomic E-state index is -0.0441. The molecular formula is C19H22N2O. The van der Waals surface area contributed by atoms with E-state index in [0.717, 1.165) is 23.4 Å². The van der Waals surface area contributed by atoms with Crippen LogP contribution < -0.4 is 0 Å². The number of aliphatic hydroxyl groups is 1. The molecular weight excluding hydrogens is 272 g/mol. The number of aromatic nitrogens is 2. The Bertz CT molecular complexity index is 802. The van der Waals surface area contributed by atoms with Gasteiger partial charge in [-0.3, -0.25) is 0 Å². The third kappa shape index (κ3) is 2.64. The first kappa shape index (κ1) is 14.8. The van der Waals surface area contributed by atoms with Gasteiger partial charge in [0, 0.05) is 6.54 Å². The normalized spacial score (nSPS) is 11.5. The Morgan fingerprint density at radius 3 is 2.59 bits per heavy atom. The molecule has 1 heterocycles. The Balaban J connectivity index is 2.10. The summed E-state index contributed by atoms with van der Waals surface area (Å²) in [4.78, 5) is 4.61. The monoisotopic (exact) mass is 294 g/mol. The molecule has 114 valence electrons. The highest BCUT2D eigenvalue weighted by atomic mass is 16.3. The van der Waals surface area contributed by atoms with E-state index < -0.39 is 0 Å². The van der Waals surface area contributed by atoms with Gasteiger partial charge in [-0.05, 0) is 41.7 Å². The quantitative estimate of drug-likeness (QED) is 0.789. The summed E-state index contributed by atoms with van der Waals surface area (Å²) in [6, 6.07) is 14.8. The van der Waals surface area contributed by atoms with Crippen molar-refractivity contribution in [2.75, 3.05) is 0 Å². The first-order chi connectivity index (χ1) is 10.6. The summed E-state index contributed by atoms with van der Waals surface area (Å²) in [7, 11) is 0. The molecule has 0 fully saturated rings. The average molecular weight is 294 g/mol. The number of hydrogen-bond donors (Lipinski definition) is 1. The smallest absolute Gasteiger partial charge is 0.136 e. The summed E-state index contributed by atoms with van der Waals surface area (Å²) in [6.07, 6.45) is 0. The zero-order valence-electron chi connectivity index (χ0n) is 13.4. The molecule has 0 bridgehead atoms. The predicted molar refractivity (Wildman–Crippen MR) is 90.0 cm³/mol. The van der Waals surface area contributed by atoms with Gasteiger partial charge in [-0.15, -0.1) is 0 Å². The van der Waals surface area contributed by atoms with E-state index in [-0.39, 0.29) is 6.61 Å². The molecule has 0 amide bonds. The highest BCUT2D eigenvalue weighted by Crippen LogP contribution is 2.24. The Kier molecular flexibility index (Phi) is 3.99. The maximum Gasteiger partial charge on any atom is 0.136 e. The van der Waals surface area contributed by atoms with Gasteiger partial charge in [0.2, 0.25) is 0 Å². The number of aliphatic hydroxyl groups excluding tert-OH is 1. The molecule has 0 saturated heterocycles. The molecule has 22 heavy (non-hydrogen) atoms. The number of fused-ring (bicyclic) bond motifs is 1. The van der Waals surface area contributed by atoms with Gasteiger partial charge in [0.05, 0.1) is 11.0 Å². The van der Waals surface area contributed by atoms with Crippen LogP contribution in [0.5, 0.6) is 0 Å². The van der Waals surface area contributed by atoms with Crippen molar-refractivity contribution in [2.24, 2.45) is 0 Å². The molecule has 0 atom stereocenters. The van der Waals surface area contributed by atoms with Crippen molar-refractivity contribution in [3.63, 3.8) is 0 Å². The van der Waals surface area contributed by atoms with Gasteiger partial charge in [0.25, 0.3) is 0 Å². The van der Waals surface area contributed by atoms with Crippen molar-refractivity contribution in [3.05, 3.63) is 65.0 Å². The molecule has 3 rings (SSSR count). The van der Waals surface area contributed by atoms with Gasteiger partial charge in [0.1, 0.15) is 12.4 Å². The topological polar surface area (TPSA) is 38.0 Å². The number of aryl methyl sites for hydroxylation is 1. The van der Waals surface area contributed by atoms with E-state index in [1.165, 1.54) is 16.7 Å².